The van der Waals surface area contributed by atoms with Gasteiger partial charge in [-0.05, 0) is 24.6 Å². The van der Waals surface area contributed by atoms with Crippen LogP contribution in [0.15, 0.2) is 35.1 Å². The van der Waals surface area contributed by atoms with Crippen LogP contribution >= 0.6 is 11.6 Å². The Labute approximate surface area is 116 Å². The summed E-state index contributed by atoms with van der Waals surface area (Å²) in [6, 6.07) is 9.11. The Balaban J connectivity index is 2.54. The van der Waals surface area contributed by atoms with E-state index in [2.05, 4.69) is 5.10 Å². The molecule has 2 aromatic rings. The Kier molecular flexibility index (Phi) is 4.35. The summed E-state index contributed by atoms with van der Waals surface area (Å²) >= 11 is 5.87. The van der Waals surface area contributed by atoms with Crippen molar-refractivity contribution in [3.8, 4) is 11.3 Å². The number of rotatable bonds is 4. The number of nitrogens with two attached hydrogens (primary N) is 1. The molecule has 4 nitrogen and oxygen atoms in total. The smallest absolute Gasteiger partial charge is 0.271 e. The van der Waals surface area contributed by atoms with Crippen molar-refractivity contribution in [2.75, 3.05) is 0 Å². The van der Waals surface area contributed by atoms with E-state index >= 15 is 0 Å². The van der Waals surface area contributed by atoms with Gasteiger partial charge >= 0.3 is 0 Å². The molecule has 0 unspecified atom stereocenters. The zero-order valence-corrected chi connectivity index (χ0v) is 11.5. The second-order valence-corrected chi connectivity index (χ2v) is 4.73. The molecule has 1 aromatic heterocycles. The molecule has 0 saturated heterocycles. The van der Waals surface area contributed by atoms with Gasteiger partial charge in [-0.2, -0.15) is 5.10 Å². The number of hydrogen-bond donors (Lipinski definition) is 1. The first-order chi connectivity index (χ1) is 9.15. The highest BCUT2D eigenvalue weighted by molar-refractivity contribution is 6.30. The van der Waals surface area contributed by atoms with Gasteiger partial charge in [0.2, 0.25) is 0 Å². The Morgan fingerprint density at radius 3 is 2.58 bits per heavy atom. The summed E-state index contributed by atoms with van der Waals surface area (Å²) in [5, 5.41) is 5.05. The highest BCUT2D eigenvalue weighted by atomic mass is 35.5. The molecule has 2 rings (SSSR count). The van der Waals surface area contributed by atoms with Crippen molar-refractivity contribution in [2.45, 2.75) is 26.4 Å². The fourth-order valence-corrected chi connectivity index (χ4v) is 1.99. The molecule has 19 heavy (non-hydrogen) atoms. The Morgan fingerprint density at radius 2 is 2.00 bits per heavy atom. The molecule has 0 aliphatic rings. The van der Waals surface area contributed by atoms with E-state index in [4.69, 9.17) is 17.3 Å². The minimum atomic E-state index is -0.109. The van der Waals surface area contributed by atoms with Crippen LogP contribution in [0, 0.1) is 0 Å². The van der Waals surface area contributed by atoms with Gasteiger partial charge in [0.15, 0.2) is 0 Å². The lowest BCUT2D eigenvalue weighted by Gasteiger charge is -2.09. The number of hydrogen-bond acceptors (Lipinski definition) is 3. The van der Waals surface area contributed by atoms with Crippen LogP contribution in [0.4, 0.5) is 0 Å². The normalized spacial score (nSPS) is 10.7. The first-order valence-electron chi connectivity index (χ1n) is 6.22. The van der Waals surface area contributed by atoms with Crippen molar-refractivity contribution in [2.24, 2.45) is 5.73 Å². The molecule has 0 bridgehead atoms. The lowest BCUT2D eigenvalue weighted by atomic mass is 10.1. The summed E-state index contributed by atoms with van der Waals surface area (Å²) in [4.78, 5) is 12.0. The minimum Gasteiger partial charge on any atom is -0.326 e. The average molecular weight is 278 g/mol. The van der Waals surface area contributed by atoms with Crippen LogP contribution in [0.2, 0.25) is 5.02 Å². The molecule has 0 aliphatic carbocycles. The summed E-state index contributed by atoms with van der Waals surface area (Å²) in [6.07, 6.45) is 0.848. The number of aromatic nitrogens is 2. The van der Waals surface area contributed by atoms with E-state index in [-0.39, 0.29) is 12.1 Å². The van der Waals surface area contributed by atoms with Crippen LogP contribution in [0.3, 0.4) is 0 Å². The number of nitrogens with zero attached hydrogens (tertiary/aromatic N) is 2. The van der Waals surface area contributed by atoms with Crippen molar-refractivity contribution in [3.05, 3.63) is 51.3 Å². The van der Waals surface area contributed by atoms with E-state index in [0.717, 1.165) is 17.7 Å². The lowest BCUT2D eigenvalue weighted by Crippen LogP contribution is -2.28. The fraction of sp³-hybridized carbons (Fsp3) is 0.286. The monoisotopic (exact) mass is 277 g/mol. The summed E-state index contributed by atoms with van der Waals surface area (Å²) in [5.41, 5.74) is 7.75. The van der Waals surface area contributed by atoms with Gasteiger partial charge in [-0.3, -0.25) is 4.79 Å². The average Bonchev–Trinajstić information content (AvgIpc) is 2.42. The van der Waals surface area contributed by atoms with E-state index in [1.54, 1.807) is 18.2 Å². The number of benzene rings is 1. The third-order valence-corrected chi connectivity index (χ3v) is 3.10. The summed E-state index contributed by atoms with van der Waals surface area (Å²) in [5.74, 6) is 0. The Hall–Kier alpha value is -1.65. The number of aryl methyl sites for hydroxylation is 1. The van der Waals surface area contributed by atoms with Crippen LogP contribution < -0.4 is 11.3 Å². The van der Waals surface area contributed by atoms with E-state index in [0.29, 0.717) is 17.1 Å². The van der Waals surface area contributed by atoms with Crippen LogP contribution in [0.25, 0.3) is 11.3 Å². The maximum Gasteiger partial charge on any atom is 0.271 e. The maximum atomic E-state index is 12.0. The van der Waals surface area contributed by atoms with Crippen LogP contribution in [0.5, 0.6) is 0 Å². The van der Waals surface area contributed by atoms with Crippen LogP contribution in [0.1, 0.15) is 18.9 Å². The third-order valence-electron chi connectivity index (χ3n) is 2.84. The minimum absolute atomic E-state index is 0.109. The molecule has 1 heterocycles. The second-order valence-electron chi connectivity index (χ2n) is 4.29. The van der Waals surface area contributed by atoms with Gasteiger partial charge in [0, 0.05) is 29.2 Å². The molecule has 1 aromatic carbocycles. The lowest BCUT2D eigenvalue weighted by molar-refractivity contribution is 0.564. The molecule has 0 spiro atoms. The molecular formula is C14H16ClN3O. The van der Waals surface area contributed by atoms with Gasteiger partial charge in [0.25, 0.3) is 5.56 Å². The van der Waals surface area contributed by atoms with E-state index < -0.39 is 0 Å². The Bertz CT molecular complexity index is 620. The Morgan fingerprint density at radius 1 is 1.32 bits per heavy atom. The molecule has 100 valence electrons. The van der Waals surface area contributed by atoms with Crippen LogP contribution in [-0.4, -0.2) is 9.78 Å². The summed E-state index contributed by atoms with van der Waals surface area (Å²) in [7, 11) is 0. The van der Waals surface area contributed by atoms with Crippen LogP contribution in [-0.2, 0) is 13.1 Å². The second kappa shape index (κ2) is 5.99. The quantitative estimate of drug-likeness (QED) is 0.934. The SMILES string of the molecule is CCCn1nc(-c2ccc(Cl)cc2)cc(CN)c1=O. The molecule has 5 heteroatoms. The summed E-state index contributed by atoms with van der Waals surface area (Å²) < 4.78 is 1.48. The molecular weight excluding hydrogens is 262 g/mol. The zero-order chi connectivity index (χ0) is 13.8. The largest absolute Gasteiger partial charge is 0.326 e. The topological polar surface area (TPSA) is 60.9 Å². The molecule has 0 aliphatic heterocycles. The maximum absolute atomic E-state index is 12.0. The van der Waals surface area contributed by atoms with E-state index in [1.165, 1.54) is 4.68 Å². The van der Waals surface area contributed by atoms with Crippen molar-refractivity contribution in [1.82, 2.24) is 9.78 Å². The van der Waals surface area contributed by atoms with Crippen molar-refractivity contribution in [1.29, 1.82) is 0 Å². The van der Waals surface area contributed by atoms with Crippen molar-refractivity contribution >= 4 is 11.6 Å². The predicted molar refractivity (Wildman–Crippen MR) is 77.1 cm³/mol. The summed E-state index contributed by atoms with van der Waals surface area (Å²) in [6.45, 7) is 2.81. The third kappa shape index (κ3) is 3.03. The highest BCUT2D eigenvalue weighted by Crippen LogP contribution is 2.19. The fourth-order valence-electron chi connectivity index (χ4n) is 1.87. The molecule has 0 amide bonds. The predicted octanol–water partition coefficient (Wildman–Crippen LogP) is 2.43. The van der Waals surface area contributed by atoms with E-state index in [9.17, 15) is 4.79 Å². The van der Waals surface area contributed by atoms with Crippen molar-refractivity contribution < 1.29 is 0 Å². The van der Waals surface area contributed by atoms with Crippen molar-refractivity contribution in [3.63, 3.8) is 0 Å². The van der Waals surface area contributed by atoms with Gasteiger partial charge in [-0.1, -0.05) is 30.7 Å². The molecule has 2 N–H and O–H groups in total. The molecule has 0 atom stereocenters. The highest BCUT2D eigenvalue weighted by Gasteiger charge is 2.08. The molecule has 0 fully saturated rings. The first kappa shape index (κ1) is 13.8. The van der Waals surface area contributed by atoms with Gasteiger partial charge in [-0.25, -0.2) is 4.68 Å². The van der Waals surface area contributed by atoms with Gasteiger partial charge in [-0.15, -0.1) is 0 Å². The van der Waals surface area contributed by atoms with Gasteiger partial charge in [0.05, 0.1) is 5.69 Å². The molecule has 0 radical (unpaired) electrons. The number of halogens is 1. The van der Waals surface area contributed by atoms with Gasteiger partial charge < -0.3 is 5.73 Å². The zero-order valence-electron chi connectivity index (χ0n) is 10.8. The van der Waals surface area contributed by atoms with E-state index in [1.807, 2.05) is 19.1 Å². The van der Waals surface area contributed by atoms with Gasteiger partial charge in [0.1, 0.15) is 0 Å². The standard InChI is InChI=1S/C14H16ClN3O/c1-2-7-18-14(19)11(9-16)8-13(17-18)10-3-5-12(15)6-4-10/h3-6,8H,2,7,9,16H2,1H3. The first-order valence-corrected chi connectivity index (χ1v) is 6.60. The molecule has 0 saturated carbocycles.